The molecule has 1 aliphatic heterocycles. The van der Waals surface area contributed by atoms with Crippen molar-refractivity contribution < 1.29 is 14.6 Å². The van der Waals surface area contributed by atoms with Crippen molar-refractivity contribution in [2.24, 2.45) is 0 Å². The average molecular weight is 277 g/mol. The van der Waals surface area contributed by atoms with Crippen molar-refractivity contribution in [1.29, 1.82) is 0 Å². The van der Waals surface area contributed by atoms with Crippen molar-refractivity contribution in [3.8, 4) is 0 Å². The second-order valence-corrected chi connectivity index (χ2v) is 5.60. The van der Waals surface area contributed by atoms with Gasteiger partial charge in [0.05, 0.1) is 19.3 Å². The minimum absolute atomic E-state index is 0.0438. The molecule has 3 rings (SSSR count). The highest BCUT2D eigenvalue weighted by Crippen LogP contribution is 2.22. The highest BCUT2D eigenvalue weighted by atomic mass is 32.1. The van der Waals surface area contributed by atoms with E-state index in [4.69, 9.17) is 4.74 Å². The normalized spacial score (nSPS) is 20.5. The van der Waals surface area contributed by atoms with Gasteiger partial charge in [-0.15, -0.1) is 11.3 Å². The molecule has 0 radical (unpaired) electrons. The molecule has 0 bridgehead atoms. The summed E-state index contributed by atoms with van der Waals surface area (Å²) >= 11 is 1.66. The van der Waals surface area contributed by atoms with Gasteiger partial charge in [-0.25, -0.2) is 0 Å². The summed E-state index contributed by atoms with van der Waals surface area (Å²) in [6.07, 6.45) is -0.601. The maximum absolute atomic E-state index is 12.4. The second kappa shape index (κ2) is 5.28. The third-order valence-electron chi connectivity index (χ3n) is 3.23. The highest BCUT2D eigenvalue weighted by Gasteiger charge is 2.22. The highest BCUT2D eigenvalue weighted by molar-refractivity contribution is 7.17. The summed E-state index contributed by atoms with van der Waals surface area (Å²) in [5.74, 6) is -0.0438. The Morgan fingerprint density at radius 1 is 1.42 bits per heavy atom. The van der Waals surface area contributed by atoms with Crippen LogP contribution in [0.2, 0.25) is 0 Å². The third-order valence-corrected chi connectivity index (χ3v) is 4.13. The SMILES string of the molecule is O=C(c1ccc2sccc2c1)N1CCOC[C@@H](O)C1. The van der Waals surface area contributed by atoms with Crippen LogP contribution in [0.1, 0.15) is 10.4 Å². The standard InChI is InChI=1S/C14H15NO3S/c16-12-8-15(4-5-18-9-12)14(17)11-1-2-13-10(7-11)3-6-19-13/h1-3,6-7,12,16H,4-5,8-9H2/t12-/m0/s1. The first-order valence-electron chi connectivity index (χ1n) is 6.26. The van der Waals surface area contributed by atoms with Crippen molar-refractivity contribution in [1.82, 2.24) is 4.90 Å². The molecule has 2 heterocycles. The Morgan fingerprint density at radius 3 is 3.21 bits per heavy atom. The molecule has 1 fully saturated rings. The van der Waals surface area contributed by atoms with E-state index >= 15 is 0 Å². The van der Waals surface area contributed by atoms with Gasteiger partial charge in [0, 0.05) is 23.4 Å². The maximum Gasteiger partial charge on any atom is 0.254 e. The Labute approximate surface area is 115 Å². The number of β-amino-alcohol motifs (C(OH)–C–C–N with tert-alkyl or cyclic N) is 1. The van der Waals surface area contributed by atoms with E-state index < -0.39 is 6.10 Å². The molecule has 0 unspecified atom stereocenters. The van der Waals surface area contributed by atoms with Crippen molar-refractivity contribution in [3.63, 3.8) is 0 Å². The molecule has 0 aliphatic carbocycles. The molecule has 0 saturated carbocycles. The van der Waals surface area contributed by atoms with E-state index in [1.807, 2.05) is 29.6 Å². The van der Waals surface area contributed by atoms with Crippen molar-refractivity contribution in [3.05, 3.63) is 35.2 Å². The molecule has 5 heteroatoms. The lowest BCUT2D eigenvalue weighted by Gasteiger charge is -2.21. The summed E-state index contributed by atoms with van der Waals surface area (Å²) in [5, 5.41) is 12.8. The third kappa shape index (κ3) is 2.63. The van der Waals surface area contributed by atoms with Gasteiger partial charge in [0.1, 0.15) is 0 Å². The van der Waals surface area contributed by atoms with Crippen LogP contribution in [0.25, 0.3) is 10.1 Å². The molecular weight excluding hydrogens is 262 g/mol. The van der Waals surface area contributed by atoms with Crippen LogP contribution in [0, 0.1) is 0 Å². The molecule has 0 spiro atoms. The lowest BCUT2D eigenvalue weighted by atomic mass is 10.1. The first-order chi connectivity index (χ1) is 9.24. The van der Waals surface area contributed by atoms with Crippen molar-refractivity contribution >= 4 is 27.3 Å². The predicted molar refractivity (Wildman–Crippen MR) is 74.6 cm³/mol. The summed E-state index contributed by atoms with van der Waals surface area (Å²) in [6, 6.07) is 7.74. The largest absolute Gasteiger partial charge is 0.389 e. The van der Waals surface area contributed by atoms with Crippen molar-refractivity contribution in [2.45, 2.75) is 6.10 Å². The van der Waals surface area contributed by atoms with Gasteiger partial charge in [-0.1, -0.05) is 0 Å². The lowest BCUT2D eigenvalue weighted by molar-refractivity contribution is 0.0534. The minimum atomic E-state index is -0.601. The fraction of sp³-hybridized carbons (Fsp3) is 0.357. The van der Waals surface area contributed by atoms with Crippen molar-refractivity contribution in [2.75, 3.05) is 26.3 Å². The van der Waals surface area contributed by atoms with Crippen LogP contribution in [0.15, 0.2) is 29.6 Å². The van der Waals surface area contributed by atoms with E-state index in [0.29, 0.717) is 31.9 Å². The summed E-state index contributed by atoms with van der Waals surface area (Å²) in [4.78, 5) is 14.1. The molecule has 1 aliphatic rings. The quantitative estimate of drug-likeness (QED) is 0.863. The molecule has 19 heavy (non-hydrogen) atoms. The molecule has 1 aromatic heterocycles. The number of hydrogen-bond donors (Lipinski definition) is 1. The maximum atomic E-state index is 12.4. The first kappa shape index (κ1) is 12.6. The fourth-order valence-electron chi connectivity index (χ4n) is 2.26. The number of hydrogen-bond acceptors (Lipinski definition) is 4. The second-order valence-electron chi connectivity index (χ2n) is 4.65. The zero-order valence-electron chi connectivity index (χ0n) is 10.4. The number of aliphatic hydroxyl groups is 1. The molecule has 1 aromatic carbocycles. The Morgan fingerprint density at radius 2 is 2.32 bits per heavy atom. The smallest absolute Gasteiger partial charge is 0.254 e. The monoisotopic (exact) mass is 277 g/mol. The van der Waals surface area contributed by atoms with E-state index in [-0.39, 0.29) is 5.91 Å². The number of carbonyl (C=O) groups is 1. The minimum Gasteiger partial charge on any atom is -0.389 e. The van der Waals surface area contributed by atoms with Gasteiger partial charge in [0.2, 0.25) is 0 Å². The molecular formula is C14H15NO3S. The number of aliphatic hydroxyl groups excluding tert-OH is 1. The summed E-state index contributed by atoms with van der Waals surface area (Å²) < 4.78 is 6.42. The van der Waals surface area contributed by atoms with E-state index in [2.05, 4.69) is 0 Å². The number of fused-ring (bicyclic) bond motifs is 1. The first-order valence-corrected chi connectivity index (χ1v) is 7.14. The fourth-order valence-corrected chi connectivity index (χ4v) is 3.03. The van der Waals surface area contributed by atoms with Gasteiger partial charge in [-0.2, -0.15) is 0 Å². The van der Waals surface area contributed by atoms with Gasteiger partial charge in [0.15, 0.2) is 0 Å². The van der Waals surface area contributed by atoms with Gasteiger partial charge in [-0.05, 0) is 35.0 Å². The lowest BCUT2D eigenvalue weighted by Crippen LogP contribution is -2.37. The number of ether oxygens (including phenoxy) is 1. The Hall–Kier alpha value is -1.43. The van der Waals surface area contributed by atoms with E-state index in [0.717, 1.165) is 5.39 Å². The van der Waals surface area contributed by atoms with Crippen LogP contribution < -0.4 is 0 Å². The summed E-state index contributed by atoms with van der Waals surface area (Å²) in [6.45, 7) is 1.63. The van der Waals surface area contributed by atoms with Gasteiger partial charge < -0.3 is 14.7 Å². The molecule has 1 N–H and O–H groups in total. The number of benzene rings is 1. The van der Waals surface area contributed by atoms with Crippen LogP contribution >= 0.6 is 11.3 Å². The van der Waals surface area contributed by atoms with Crippen LogP contribution in [-0.2, 0) is 4.74 Å². The Bertz CT molecular complexity index is 595. The summed E-state index contributed by atoms with van der Waals surface area (Å²) in [7, 11) is 0. The number of rotatable bonds is 1. The molecule has 1 amide bonds. The molecule has 100 valence electrons. The van der Waals surface area contributed by atoms with Crippen LogP contribution in [0.4, 0.5) is 0 Å². The average Bonchev–Trinajstić information content (AvgIpc) is 2.78. The van der Waals surface area contributed by atoms with Crippen LogP contribution in [0.5, 0.6) is 0 Å². The Balaban J connectivity index is 1.85. The zero-order valence-corrected chi connectivity index (χ0v) is 11.2. The van der Waals surface area contributed by atoms with E-state index in [1.165, 1.54) is 4.70 Å². The number of thiophene rings is 1. The number of amides is 1. The van der Waals surface area contributed by atoms with Gasteiger partial charge >= 0.3 is 0 Å². The van der Waals surface area contributed by atoms with Crippen LogP contribution in [0.3, 0.4) is 0 Å². The van der Waals surface area contributed by atoms with Gasteiger partial charge in [0.25, 0.3) is 5.91 Å². The van der Waals surface area contributed by atoms with E-state index in [1.54, 1.807) is 16.2 Å². The van der Waals surface area contributed by atoms with Gasteiger partial charge in [-0.3, -0.25) is 4.79 Å². The van der Waals surface area contributed by atoms with Crippen LogP contribution in [-0.4, -0.2) is 48.3 Å². The summed E-state index contributed by atoms with van der Waals surface area (Å²) in [5.41, 5.74) is 0.667. The Kier molecular flexibility index (Phi) is 3.50. The zero-order chi connectivity index (χ0) is 13.2. The molecule has 2 aromatic rings. The topological polar surface area (TPSA) is 49.8 Å². The molecule has 1 atom stereocenters. The number of carbonyl (C=O) groups excluding carboxylic acids is 1. The molecule has 1 saturated heterocycles. The predicted octanol–water partition coefficient (Wildman–Crippen LogP) is 1.73. The molecule has 4 nitrogen and oxygen atoms in total. The number of nitrogens with zero attached hydrogens (tertiary/aromatic N) is 1. The van der Waals surface area contributed by atoms with E-state index in [9.17, 15) is 9.90 Å².